The van der Waals surface area contributed by atoms with Crippen molar-refractivity contribution >= 4 is 23.4 Å². The highest BCUT2D eigenvalue weighted by Gasteiger charge is 2.32. The van der Waals surface area contributed by atoms with E-state index < -0.39 is 6.09 Å². The molecule has 150 valence electrons. The maximum atomic E-state index is 13.9. The fourth-order valence-electron chi connectivity index (χ4n) is 3.57. The van der Waals surface area contributed by atoms with E-state index in [9.17, 15) is 14.0 Å². The molecule has 1 aliphatic rings. The van der Waals surface area contributed by atoms with E-state index in [1.54, 1.807) is 11.0 Å². The summed E-state index contributed by atoms with van der Waals surface area (Å²) in [6.07, 6.45) is -0.459. The lowest BCUT2D eigenvalue weighted by Crippen LogP contribution is -2.43. The molecule has 1 aliphatic heterocycles. The van der Waals surface area contributed by atoms with Gasteiger partial charge in [0.2, 0.25) is 5.91 Å². The maximum absolute atomic E-state index is 13.9. The molecule has 0 radical (unpaired) electrons. The maximum Gasteiger partial charge on any atom is 0.405 e. The standard InChI is InChI=1S/C22H22FN3O3/c1-14-12-20(19-13-17(23)7-10-21(19)26(14)15(2)27)25-18-8-5-16(6-9-18)4-3-11-24-22(28)29/h5-10,13-14,20,24-25H,11-12H2,1-2H3,(H,28,29)/t14-,20+/m0/s1. The molecule has 2 atom stereocenters. The first-order chi connectivity index (χ1) is 13.8. The first-order valence-electron chi connectivity index (χ1n) is 9.26. The van der Waals surface area contributed by atoms with Gasteiger partial charge in [-0.25, -0.2) is 9.18 Å². The van der Waals surface area contributed by atoms with Gasteiger partial charge in [0.1, 0.15) is 5.82 Å². The van der Waals surface area contributed by atoms with Crippen LogP contribution in [0.3, 0.4) is 0 Å². The summed E-state index contributed by atoms with van der Waals surface area (Å²) in [5, 5.41) is 14.1. The summed E-state index contributed by atoms with van der Waals surface area (Å²) >= 11 is 0. The number of fused-ring (bicyclic) bond motifs is 1. The number of hydrogen-bond acceptors (Lipinski definition) is 3. The Morgan fingerprint density at radius 1 is 1.24 bits per heavy atom. The van der Waals surface area contributed by atoms with Crippen LogP contribution in [0.5, 0.6) is 0 Å². The Bertz CT molecular complexity index is 979. The zero-order valence-corrected chi connectivity index (χ0v) is 16.2. The van der Waals surface area contributed by atoms with E-state index in [4.69, 9.17) is 5.11 Å². The van der Waals surface area contributed by atoms with Gasteiger partial charge in [-0.15, -0.1) is 0 Å². The number of amides is 2. The lowest BCUT2D eigenvalue weighted by Gasteiger charge is -2.39. The van der Waals surface area contributed by atoms with E-state index in [-0.39, 0.29) is 30.4 Å². The van der Waals surface area contributed by atoms with Crippen LogP contribution in [-0.4, -0.2) is 29.7 Å². The van der Waals surface area contributed by atoms with Gasteiger partial charge in [0.25, 0.3) is 0 Å². The first-order valence-corrected chi connectivity index (χ1v) is 9.26. The largest absolute Gasteiger partial charge is 0.465 e. The van der Waals surface area contributed by atoms with Gasteiger partial charge in [0.15, 0.2) is 0 Å². The second kappa shape index (κ2) is 8.65. The molecule has 1 heterocycles. The summed E-state index contributed by atoms with van der Waals surface area (Å²) in [7, 11) is 0. The minimum atomic E-state index is -1.11. The van der Waals surface area contributed by atoms with Crippen molar-refractivity contribution in [3.63, 3.8) is 0 Å². The number of nitrogens with one attached hydrogen (secondary N) is 2. The summed E-state index contributed by atoms with van der Waals surface area (Å²) in [5.41, 5.74) is 3.09. The Kier molecular flexibility index (Phi) is 6.03. The molecule has 7 heteroatoms. The van der Waals surface area contributed by atoms with Gasteiger partial charge in [-0.05, 0) is 55.8 Å². The lowest BCUT2D eigenvalue weighted by atomic mass is 9.91. The van der Waals surface area contributed by atoms with E-state index in [0.29, 0.717) is 6.42 Å². The molecule has 0 bridgehead atoms. The monoisotopic (exact) mass is 395 g/mol. The summed E-state index contributed by atoms with van der Waals surface area (Å²) in [6, 6.07) is 11.7. The number of benzene rings is 2. The van der Waals surface area contributed by atoms with Crippen molar-refractivity contribution < 1.29 is 19.1 Å². The normalized spacial score (nSPS) is 17.6. The fraction of sp³-hybridized carbons (Fsp3) is 0.273. The molecule has 0 spiro atoms. The quantitative estimate of drug-likeness (QED) is 0.692. The molecule has 0 aromatic heterocycles. The molecule has 3 rings (SSSR count). The Morgan fingerprint density at radius 3 is 2.62 bits per heavy atom. The Hall–Kier alpha value is -3.53. The summed E-state index contributed by atoms with van der Waals surface area (Å²) in [6.45, 7) is 3.56. The van der Waals surface area contributed by atoms with E-state index in [1.807, 2.05) is 31.2 Å². The van der Waals surface area contributed by atoms with Crippen molar-refractivity contribution in [3.8, 4) is 11.8 Å². The fourth-order valence-corrected chi connectivity index (χ4v) is 3.57. The van der Waals surface area contributed by atoms with Gasteiger partial charge in [0.05, 0.1) is 12.6 Å². The number of carbonyl (C=O) groups excluding carboxylic acids is 1. The third kappa shape index (κ3) is 4.85. The van der Waals surface area contributed by atoms with Crippen LogP contribution in [0.4, 0.5) is 20.6 Å². The van der Waals surface area contributed by atoms with Crippen LogP contribution >= 0.6 is 0 Å². The van der Waals surface area contributed by atoms with Gasteiger partial charge >= 0.3 is 6.09 Å². The second-order valence-electron chi connectivity index (χ2n) is 6.91. The summed E-state index contributed by atoms with van der Waals surface area (Å²) in [4.78, 5) is 24.2. The first kappa shape index (κ1) is 20.2. The molecule has 29 heavy (non-hydrogen) atoms. The van der Waals surface area contributed by atoms with Gasteiger partial charge in [-0.3, -0.25) is 4.79 Å². The Labute approximate surface area is 168 Å². The molecule has 6 nitrogen and oxygen atoms in total. The van der Waals surface area contributed by atoms with Crippen LogP contribution in [0, 0.1) is 17.7 Å². The van der Waals surface area contributed by atoms with Crippen LogP contribution in [-0.2, 0) is 4.79 Å². The lowest BCUT2D eigenvalue weighted by molar-refractivity contribution is -0.117. The van der Waals surface area contributed by atoms with Crippen molar-refractivity contribution in [3.05, 3.63) is 59.4 Å². The van der Waals surface area contributed by atoms with E-state index in [2.05, 4.69) is 22.5 Å². The molecular weight excluding hydrogens is 373 g/mol. The van der Waals surface area contributed by atoms with Crippen LogP contribution in [0.1, 0.15) is 37.4 Å². The zero-order valence-electron chi connectivity index (χ0n) is 16.2. The van der Waals surface area contributed by atoms with E-state index >= 15 is 0 Å². The van der Waals surface area contributed by atoms with Crippen molar-refractivity contribution in [1.29, 1.82) is 0 Å². The molecule has 0 fully saturated rings. The molecule has 0 unspecified atom stereocenters. The van der Waals surface area contributed by atoms with Gasteiger partial charge < -0.3 is 20.6 Å². The molecule has 2 aromatic rings. The number of hydrogen-bond donors (Lipinski definition) is 3. The second-order valence-corrected chi connectivity index (χ2v) is 6.91. The summed E-state index contributed by atoms with van der Waals surface area (Å²) < 4.78 is 13.9. The average molecular weight is 395 g/mol. The van der Waals surface area contributed by atoms with Gasteiger partial charge in [-0.1, -0.05) is 11.8 Å². The van der Waals surface area contributed by atoms with E-state index in [0.717, 1.165) is 22.5 Å². The number of nitrogens with zero attached hydrogens (tertiary/aromatic N) is 1. The molecule has 2 amide bonds. The van der Waals surface area contributed by atoms with Crippen molar-refractivity contribution in [2.75, 3.05) is 16.8 Å². The average Bonchev–Trinajstić information content (AvgIpc) is 2.66. The summed E-state index contributed by atoms with van der Waals surface area (Å²) in [5.74, 6) is 5.21. The smallest absolute Gasteiger partial charge is 0.405 e. The minimum Gasteiger partial charge on any atom is -0.465 e. The highest BCUT2D eigenvalue weighted by Crippen LogP contribution is 2.39. The van der Waals surface area contributed by atoms with E-state index in [1.165, 1.54) is 19.1 Å². The predicted octanol–water partition coefficient (Wildman–Crippen LogP) is 3.74. The van der Waals surface area contributed by atoms with Crippen molar-refractivity contribution in [2.45, 2.75) is 32.4 Å². The highest BCUT2D eigenvalue weighted by molar-refractivity contribution is 5.93. The predicted molar refractivity (Wildman–Crippen MR) is 109 cm³/mol. The Balaban J connectivity index is 1.78. The highest BCUT2D eigenvalue weighted by atomic mass is 19.1. The number of carboxylic acid groups (broad SMARTS) is 1. The van der Waals surface area contributed by atoms with Crippen LogP contribution in [0.15, 0.2) is 42.5 Å². The Morgan fingerprint density at radius 2 is 1.97 bits per heavy atom. The van der Waals surface area contributed by atoms with Gasteiger partial charge in [-0.2, -0.15) is 0 Å². The van der Waals surface area contributed by atoms with Crippen molar-refractivity contribution in [1.82, 2.24) is 5.32 Å². The molecule has 0 aliphatic carbocycles. The number of halogens is 1. The van der Waals surface area contributed by atoms with Gasteiger partial charge in [0, 0.05) is 35.5 Å². The third-order valence-electron chi connectivity index (χ3n) is 4.77. The van der Waals surface area contributed by atoms with Crippen LogP contribution in [0.2, 0.25) is 0 Å². The number of anilines is 2. The van der Waals surface area contributed by atoms with Crippen LogP contribution < -0.4 is 15.5 Å². The minimum absolute atomic E-state index is 0.0187. The third-order valence-corrected chi connectivity index (χ3v) is 4.77. The molecule has 0 saturated heterocycles. The zero-order chi connectivity index (χ0) is 21.0. The molecule has 3 N–H and O–H groups in total. The number of rotatable bonds is 3. The van der Waals surface area contributed by atoms with Crippen LogP contribution in [0.25, 0.3) is 0 Å². The molecule has 2 aromatic carbocycles. The number of carbonyl (C=O) groups is 2. The topological polar surface area (TPSA) is 81.7 Å². The molecule has 0 saturated carbocycles. The molecular formula is C22H22FN3O3. The van der Waals surface area contributed by atoms with Crippen molar-refractivity contribution in [2.24, 2.45) is 0 Å². The SMILES string of the molecule is CC(=O)N1c2ccc(F)cc2[C@H](Nc2ccc(C#CCNC(=O)O)cc2)C[C@@H]1C.